The number of para-hydroxylation sites is 4. The van der Waals surface area contributed by atoms with E-state index in [4.69, 9.17) is 9.73 Å². The number of ether oxygens (including phenoxy) is 1. The van der Waals surface area contributed by atoms with E-state index in [1.807, 2.05) is 0 Å². The van der Waals surface area contributed by atoms with Crippen LogP contribution in [0.15, 0.2) is 300 Å². The molecule has 388 valence electrons. The van der Waals surface area contributed by atoms with Crippen molar-refractivity contribution in [2.24, 2.45) is 4.99 Å². The molecule has 0 N–H and O–H groups in total. The molecule has 5 aromatic carbocycles. The molecule has 0 saturated carbocycles. The Bertz CT molecular complexity index is 3340. The third-order valence-corrected chi connectivity index (χ3v) is 15.3. The highest BCUT2D eigenvalue weighted by Crippen LogP contribution is 2.43. The number of aliphatic imine (C=N–C) groups is 1. The fourth-order valence-electron chi connectivity index (χ4n) is 11.7. The number of hydrogen-bond donors (Lipinski definition) is 0. The summed E-state index contributed by atoms with van der Waals surface area (Å²) < 4.78 is 6.95. The summed E-state index contributed by atoms with van der Waals surface area (Å²) in [6.45, 7) is 0. The van der Waals surface area contributed by atoms with Gasteiger partial charge in [-0.1, -0.05) is 158 Å². The van der Waals surface area contributed by atoms with Crippen molar-refractivity contribution >= 4 is 40.0 Å². The van der Waals surface area contributed by atoms with Crippen LogP contribution in [0.2, 0.25) is 0 Å². The molecule has 0 aromatic heterocycles. The van der Waals surface area contributed by atoms with Crippen molar-refractivity contribution in [2.75, 3.05) is 24.5 Å². The van der Waals surface area contributed by atoms with Crippen molar-refractivity contribution in [3.63, 3.8) is 0 Å². The monoisotopic (exact) mass is 1020 g/mol. The number of anilines is 6. The van der Waals surface area contributed by atoms with Gasteiger partial charge in [-0.3, -0.25) is 4.90 Å². The Morgan fingerprint density at radius 3 is 1.64 bits per heavy atom. The Balaban J connectivity index is 1.02. The number of amidine groups is 1. The molecule has 0 radical (unpaired) electrons. The standard InChI is InChI=1S/C71H68N6O/c1-10-29-55(30-11-1)73(56-31-12-2-13-32-56)63-49-64(74(57-33-14-3-15-34-57)58-35-16-4-17-36-58)51-65(50-63)76(61-41-22-7-23-42-61)70-47-28-48-71(72-70)77(62-43-24-8-25-44-62)67-52-66(53-69(54-67)78-68-45-26-9-27-46-68)75(59-37-18-5-19-38-59)60-39-20-6-21-40-60/h1-3,5-16,18-20,22-26,29-37,39,41-43,45,48,50-54,59,62-63H,4,17,21,27-28,38,40,44,46-47,49H2. The maximum atomic E-state index is 6.95. The Morgan fingerprint density at radius 1 is 0.436 bits per heavy atom. The van der Waals surface area contributed by atoms with Crippen molar-refractivity contribution < 1.29 is 4.74 Å². The lowest BCUT2D eigenvalue weighted by Crippen LogP contribution is -2.40. The molecule has 78 heavy (non-hydrogen) atoms. The Kier molecular flexibility index (Phi) is 15.4. The lowest BCUT2D eigenvalue weighted by molar-refractivity contribution is 0.402. The maximum absolute atomic E-state index is 6.95. The number of allylic oxidation sites excluding steroid dienone is 17. The van der Waals surface area contributed by atoms with Gasteiger partial charge in [0.25, 0.3) is 0 Å². The van der Waals surface area contributed by atoms with Crippen molar-refractivity contribution in [3.05, 3.63) is 295 Å². The zero-order valence-electron chi connectivity index (χ0n) is 44.4. The smallest absolute Gasteiger partial charge is 0.131 e. The molecule has 0 spiro atoms. The van der Waals surface area contributed by atoms with Crippen LogP contribution in [0.1, 0.15) is 70.6 Å². The molecule has 3 unspecified atom stereocenters. The fourth-order valence-corrected chi connectivity index (χ4v) is 11.7. The van der Waals surface area contributed by atoms with Crippen LogP contribution in [0, 0.1) is 0 Å². The predicted molar refractivity (Wildman–Crippen MR) is 327 cm³/mol. The summed E-state index contributed by atoms with van der Waals surface area (Å²) in [7, 11) is 0. The van der Waals surface area contributed by atoms with E-state index in [9.17, 15) is 0 Å². The first-order valence-electron chi connectivity index (χ1n) is 28.2. The second kappa shape index (κ2) is 24.0. The summed E-state index contributed by atoms with van der Waals surface area (Å²) in [4.78, 5) is 18.4. The van der Waals surface area contributed by atoms with E-state index in [2.05, 4.69) is 286 Å². The molecule has 7 heteroatoms. The predicted octanol–water partition coefficient (Wildman–Crippen LogP) is 17.6. The van der Waals surface area contributed by atoms with Gasteiger partial charge in [0.15, 0.2) is 0 Å². The van der Waals surface area contributed by atoms with Crippen LogP contribution in [0.5, 0.6) is 5.75 Å². The highest BCUT2D eigenvalue weighted by atomic mass is 16.5. The summed E-state index contributed by atoms with van der Waals surface area (Å²) in [5, 5.41) is 0. The van der Waals surface area contributed by atoms with E-state index in [0.717, 1.165) is 134 Å². The second-order valence-electron chi connectivity index (χ2n) is 20.6. The molecular weight excluding hydrogens is 953 g/mol. The summed E-state index contributed by atoms with van der Waals surface area (Å²) in [5.74, 6) is 3.71. The maximum Gasteiger partial charge on any atom is 0.131 e. The lowest BCUT2D eigenvalue weighted by atomic mass is 9.96. The van der Waals surface area contributed by atoms with Crippen molar-refractivity contribution in [1.82, 2.24) is 0 Å². The Morgan fingerprint density at radius 2 is 1.05 bits per heavy atom. The fraction of sp³-hybridized carbons (Fsp3) is 0.197. The van der Waals surface area contributed by atoms with Crippen LogP contribution in [-0.4, -0.2) is 24.0 Å². The van der Waals surface area contributed by atoms with Crippen LogP contribution < -0.4 is 29.2 Å². The summed E-state index contributed by atoms with van der Waals surface area (Å²) in [6, 6.07) is 50.5. The van der Waals surface area contributed by atoms with Gasteiger partial charge in [-0.25, -0.2) is 4.99 Å². The van der Waals surface area contributed by atoms with Crippen LogP contribution >= 0.6 is 0 Å². The molecule has 0 fully saturated rings. The lowest BCUT2D eigenvalue weighted by Gasteiger charge is -2.41. The van der Waals surface area contributed by atoms with Gasteiger partial charge >= 0.3 is 0 Å². The molecule has 3 atom stereocenters. The molecular formula is C71H68N6O. The number of rotatable bonds is 16. The van der Waals surface area contributed by atoms with Crippen molar-refractivity contribution in [2.45, 2.75) is 88.8 Å². The van der Waals surface area contributed by atoms with E-state index in [1.54, 1.807) is 0 Å². The average Bonchev–Trinajstić information content (AvgIpc) is 3.54. The van der Waals surface area contributed by atoms with Crippen LogP contribution in [0.3, 0.4) is 0 Å². The number of benzene rings is 5. The largest absolute Gasteiger partial charge is 0.462 e. The van der Waals surface area contributed by atoms with Gasteiger partial charge in [-0.05, 0) is 142 Å². The van der Waals surface area contributed by atoms with E-state index >= 15 is 0 Å². The highest BCUT2D eigenvalue weighted by molar-refractivity contribution is 6.02. The molecule has 1 heterocycles. The van der Waals surface area contributed by atoms with Gasteiger partial charge in [-0.15, -0.1) is 0 Å². The Hall–Kier alpha value is -8.81. The van der Waals surface area contributed by atoms with E-state index in [0.29, 0.717) is 0 Å². The highest BCUT2D eigenvalue weighted by Gasteiger charge is 2.33. The van der Waals surface area contributed by atoms with Crippen molar-refractivity contribution in [1.29, 1.82) is 0 Å². The first kappa shape index (κ1) is 50.0. The zero-order chi connectivity index (χ0) is 52.3. The molecule has 0 amide bonds. The zero-order valence-corrected chi connectivity index (χ0v) is 44.4. The van der Waals surface area contributed by atoms with Crippen molar-refractivity contribution in [3.8, 4) is 5.75 Å². The molecule has 7 nitrogen and oxygen atoms in total. The minimum absolute atomic E-state index is 0.00331. The summed E-state index contributed by atoms with van der Waals surface area (Å²) in [5.41, 5.74) is 11.4. The number of hydrogen-bond acceptors (Lipinski definition) is 7. The van der Waals surface area contributed by atoms with Crippen LogP contribution in [0.4, 0.5) is 34.1 Å². The SMILES string of the molecule is C1=CCCC(Oc2cc(N(C3=CC=CCC3)C3C=CC=CC3)cc(N(C3=CCCC(N(C4=CC(N(c5ccccc5)c5ccccc5)CC(N(C5=CCCC=C5)c5ccccc5)=C4)c4ccccc4)=N3)C3C=CC=CC3)c2)=C1. The molecule has 0 bridgehead atoms. The van der Waals surface area contributed by atoms with Crippen LogP contribution in [-0.2, 0) is 0 Å². The normalized spacial score (nSPS) is 20.3. The molecule has 0 saturated heterocycles. The third kappa shape index (κ3) is 11.3. The van der Waals surface area contributed by atoms with E-state index < -0.39 is 0 Å². The molecule has 7 aliphatic rings. The van der Waals surface area contributed by atoms with Gasteiger partial charge in [0.05, 0.1) is 18.1 Å². The quantitative estimate of drug-likeness (QED) is 0.0980. The van der Waals surface area contributed by atoms with Gasteiger partial charge in [0.1, 0.15) is 23.2 Å². The molecule has 12 rings (SSSR count). The second-order valence-corrected chi connectivity index (χ2v) is 20.6. The number of nitrogens with zero attached hydrogens (tertiary/aromatic N) is 6. The van der Waals surface area contributed by atoms with Gasteiger partial charge in [-0.2, -0.15) is 0 Å². The minimum Gasteiger partial charge on any atom is -0.462 e. The average molecular weight is 1020 g/mol. The van der Waals surface area contributed by atoms with Crippen LogP contribution in [0.25, 0.3) is 0 Å². The van der Waals surface area contributed by atoms with Gasteiger partial charge in [0.2, 0.25) is 0 Å². The van der Waals surface area contributed by atoms with Gasteiger partial charge in [0, 0.05) is 88.3 Å². The first-order valence-corrected chi connectivity index (χ1v) is 28.2. The van der Waals surface area contributed by atoms with Gasteiger partial charge < -0.3 is 24.3 Å². The topological polar surface area (TPSA) is 37.8 Å². The molecule has 1 aliphatic heterocycles. The summed E-state index contributed by atoms with van der Waals surface area (Å²) in [6.07, 6.45) is 55.4. The van der Waals surface area contributed by atoms with E-state index in [1.165, 1.54) is 17.1 Å². The summed E-state index contributed by atoms with van der Waals surface area (Å²) >= 11 is 0. The first-order chi connectivity index (χ1) is 38.7. The molecule has 5 aromatic rings. The molecule has 6 aliphatic carbocycles. The third-order valence-electron chi connectivity index (χ3n) is 15.3. The minimum atomic E-state index is -0.0756. The van der Waals surface area contributed by atoms with E-state index in [-0.39, 0.29) is 18.1 Å². The Labute approximate surface area is 461 Å².